The van der Waals surface area contributed by atoms with Gasteiger partial charge in [0.15, 0.2) is 0 Å². The number of hydrogen-bond donors (Lipinski definition) is 2. The fourth-order valence-electron chi connectivity index (χ4n) is 2.91. The molecule has 19 heavy (non-hydrogen) atoms. The van der Waals surface area contributed by atoms with Gasteiger partial charge >= 0.3 is 0 Å². The van der Waals surface area contributed by atoms with Gasteiger partial charge in [0.1, 0.15) is 0 Å². The summed E-state index contributed by atoms with van der Waals surface area (Å²) in [4.78, 5) is 4.33. The molecule has 0 amide bonds. The summed E-state index contributed by atoms with van der Waals surface area (Å²) in [7, 11) is 0. The van der Waals surface area contributed by atoms with E-state index in [1.165, 1.54) is 11.1 Å². The quantitative estimate of drug-likeness (QED) is 0.875. The number of pyridine rings is 1. The molecule has 0 radical (unpaired) electrons. The van der Waals surface area contributed by atoms with Gasteiger partial charge in [-0.2, -0.15) is 0 Å². The Morgan fingerprint density at radius 3 is 2.68 bits per heavy atom. The number of benzene rings is 1. The van der Waals surface area contributed by atoms with Crippen LogP contribution >= 0.6 is 0 Å². The molecule has 3 N–H and O–H groups in total. The van der Waals surface area contributed by atoms with Gasteiger partial charge < -0.3 is 10.8 Å². The van der Waals surface area contributed by atoms with Crippen molar-refractivity contribution in [3.8, 4) is 0 Å². The summed E-state index contributed by atoms with van der Waals surface area (Å²) in [6, 6.07) is 14.0. The highest BCUT2D eigenvalue weighted by atomic mass is 16.3. The van der Waals surface area contributed by atoms with Crippen molar-refractivity contribution >= 4 is 0 Å². The summed E-state index contributed by atoms with van der Waals surface area (Å²) in [6.45, 7) is 0.414. The molecule has 1 heterocycles. The molecule has 1 aromatic heterocycles. The summed E-state index contributed by atoms with van der Waals surface area (Å²) in [6.07, 6.45) is 2.22. The Kier molecular flexibility index (Phi) is 3.32. The van der Waals surface area contributed by atoms with Crippen molar-refractivity contribution in [3.63, 3.8) is 0 Å². The summed E-state index contributed by atoms with van der Waals surface area (Å²) in [5, 5.41) is 10.6. The van der Waals surface area contributed by atoms with Crippen LogP contribution in [0.3, 0.4) is 0 Å². The van der Waals surface area contributed by atoms with E-state index in [1.807, 2.05) is 30.3 Å². The third-order valence-electron chi connectivity index (χ3n) is 4.04. The molecule has 1 aromatic carbocycles. The zero-order chi connectivity index (χ0) is 13.2. The first-order valence-corrected chi connectivity index (χ1v) is 6.68. The van der Waals surface area contributed by atoms with Gasteiger partial charge in [0.25, 0.3) is 0 Å². The molecular weight excluding hydrogens is 236 g/mol. The molecule has 3 rings (SSSR count). The van der Waals surface area contributed by atoms with Crippen LogP contribution in [-0.2, 0) is 6.42 Å². The van der Waals surface area contributed by atoms with Gasteiger partial charge in [-0.15, -0.1) is 0 Å². The van der Waals surface area contributed by atoms with Gasteiger partial charge in [-0.25, -0.2) is 0 Å². The average Bonchev–Trinajstić information content (AvgIpc) is 2.42. The van der Waals surface area contributed by atoms with Crippen LogP contribution in [0.4, 0.5) is 0 Å². The Labute approximate surface area is 113 Å². The largest absolute Gasteiger partial charge is 0.392 e. The monoisotopic (exact) mass is 254 g/mol. The number of nitrogens with two attached hydrogens (primary N) is 1. The first-order chi connectivity index (χ1) is 9.31. The lowest BCUT2D eigenvalue weighted by Crippen LogP contribution is -2.37. The van der Waals surface area contributed by atoms with E-state index in [2.05, 4.69) is 17.1 Å². The maximum absolute atomic E-state index is 10.6. The number of aliphatic hydroxyl groups is 1. The van der Waals surface area contributed by atoms with Crippen LogP contribution in [0.15, 0.2) is 48.7 Å². The Morgan fingerprint density at radius 1 is 1.21 bits per heavy atom. The minimum Gasteiger partial charge on any atom is -0.392 e. The number of rotatable bonds is 4. The lowest BCUT2D eigenvalue weighted by atomic mass is 9.71. The molecule has 0 aliphatic heterocycles. The fourth-order valence-corrected chi connectivity index (χ4v) is 2.91. The van der Waals surface area contributed by atoms with Crippen molar-refractivity contribution in [2.24, 2.45) is 5.73 Å². The zero-order valence-corrected chi connectivity index (χ0v) is 10.7. The second-order valence-electron chi connectivity index (χ2n) is 5.10. The molecule has 0 saturated carbocycles. The molecule has 0 fully saturated rings. The normalized spacial score (nSPS) is 20.2. The van der Waals surface area contributed by atoms with E-state index >= 15 is 0 Å². The molecule has 0 saturated heterocycles. The highest BCUT2D eigenvalue weighted by molar-refractivity contribution is 5.41. The van der Waals surface area contributed by atoms with Crippen molar-refractivity contribution in [1.29, 1.82) is 0 Å². The zero-order valence-electron chi connectivity index (χ0n) is 10.7. The molecule has 2 aromatic rings. The third kappa shape index (κ3) is 2.15. The number of hydrogen-bond acceptors (Lipinski definition) is 3. The number of fused-ring (bicyclic) bond motifs is 1. The molecule has 1 aliphatic rings. The number of aromatic nitrogens is 1. The van der Waals surface area contributed by atoms with Crippen molar-refractivity contribution in [2.45, 2.75) is 24.4 Å². The van der Waals surface area contributed by atoms with E-state index in [4.69, 9.17) is 5.73 Å². The third-order valence-corrected chi connectivity index (χ3v) is 4.04. The van der Waals surface area contributed by atoms with Crippen molar-refractivity contribution in [3.05, 3.63) is 65.5 Å². The molecule has 3 heteroatoms. The summed E-state index contributed by atoms with van der Waals surface area (Å²) >= 11 is 0. The maximum atomic E-state index is 10.6. The summed E-state index contributed by atoms with van der Waals surface area (Å²) in [5.74, 6) is 0.0892. The van der Waals surface area contributed by atoms with Crippen LogP contribution in [0.5, 0.6) is 0 Å². The number of nitrogens with zero attached hydrogens (tertiary/aromatic N) is 1. The second-order valence-corrected chi connectivity index (χ2v) is 5.10. The van der Waals surface area contributed by atoms with Crippen molar-refractivity contribution in [2.75, 3.05) is 6.54 Å². The smallest absolute Gasteiger partial charge is 0.0707 e. The molecule has 0 bridgehead atoms. The summed E-state index contributed by atoms with van der Waals surface area (Å²) < 4.78 is 0. The maximum Gasteiger partial charge on any atom is 0.0707 e. The molecular formula is C16H18N2O. The number of aliphatic hydroxyl groups excluding tert-OH is 1. The SMILES string of the molecule is NCC(c1ccccn1)C(O)C1Cc2ccccc21. The van der Waals surface area contributed by atoms with E-state index < -0.39 is 6.10 Å². The van der Waals surface area contributed by atoms with Gasteiger partial charge in [0.2, 0.25) is 0 Å². The van der Waals surface area contributed by atoms with Gasteiger partial charge in [0.05, 0.1) is 6.10 Å². The topological polar surface area (TPSA) is 59.1 Å². The summed E-state index contributed by atoms with van der Waals surface area (Å²) in [5.41, 5.74) is 9.31. The van der Waals surface area contributed by atoms with Gasteiger partial charge in [-0.1, -0.05) is 30.3 Å². The Bertz CT molecular complexity index is 556. The van der Waals surface area contributed by atoms with Gasteiger partial charge in [0, 0.05) is 30.3 Å². The van der Waals surface area contributed by atoms with Gasteiger partial charge in [-0.3, -0.25) is 4.98 Å². The standard InChI is InChI=1S/C16H18N2O/c17-10-14(15-7-3-4-8-18-15)16(19)13-9-11-5-1-2-6-12(11)13/h1-8,13-14,16,19H,9-10,17H2. The van der Waals surface area contributed by atoms with E-state index in [1.54, 1.807) is 6.20 Å². The molecule has 0 spiro atoms. The van der Waals surface area contributed by atoms with E-state index in [-0.39, 0.29) is 11.8 Å². The molecule has 1 aliphatic carbocycles. The van der Waals surface area contributed by atoms with Crippen molar-refractivity contribution in [1.82, 2.24) is 4.98 Å². The average molecular weight is 254 g/mol. The van der Waals surface area contributed by atoms with Crippen LogP contribution in [0.2, 0.25) is 0 Å². The Morgan fingerprint density at radius 2 is 2.00 bits per heavy atom. The van der Waals surface area contributed by atoms with Crippen molar-refractivity contribution < 1.29 is 5.11 Å². The molecule has 98 valence electrons. The fraction of sp³-hybridized carbons (Fsp3) is 0.312. The highest BCUT2D eigenvalue weighted by Gasteiger charge is 2.36. The molecule has 3 atom stereocenters. The Balaban J connectivity index is 1.83. The van der Waals surface area contributed by atoms with Crippen LogP contribution in [0, 0.1) is 0 Å². The minimum atomic E-state index is -0.463. The van der Waals surface area contributed by atoms with E-state index in [0.717, 1.165) is 12.1 Å². The lowest BCUT2D eigenvalue weighted by Gasteiger charge is -2.37. The van der Waals surface area contributed by atoms with Crippen LogP contribution in [-0.4, -0.2) is 22.7 Å². The van der Waals surface area contributed by atoms with Crippen LogP contribution in [0.25, 0.3) is 0 Å². The van der Waals surface area contributed by atoms with E-state index in [0.29, 0.717) is 6.54 Å². The predicted molar refractivity (Wildman–Crippen MR) is 74.9 cm³/mol. The van der Waals surface area contributed by atoms with Gasteiger partial charge in [-0.05, 0) is 29.7 Å². The van der Waals surface area contributed by atoms with Crippen LogP contribution in [0.1, 0.15) is 28.7 Å². The highest BCUT2D eigenvalue weighted by Crippen LogP contribution is 2.41. The lowest BCUT2D eigenvalue weighted by molar-refractivity contribution is 0.105. The minimum absolute atomic E-state index is 0.0976. The molecule has 3 unspecified atom stereocenters. The second kappa shape index (κ2) is 5.11. The van der Waals surface area contributed by atoms with E-state index in [9.17, 15) is 5.11 Å². The Hall–Kier alpha value is -1.71. The van der Waals surface area contributed by atoms with Crippen LogP contribution < -0.4 is 5.73 Å². The molecule has 3 nitrogen and oxygen atoms in total. The first-order valence-electron chi connectivity index (χ1n) is 6.68. The first kappa shape index (κ1) is 12.3. The predicted octanol–water partition coefficient (Wildman–Crippen LogP) is 1.82.